The molecule has 1 aliphatic carbocycles. The van der Waals surface area contributed by atoms with E-state index in [1.807, 2.05) is 0 Å². The first-order valence-corrected chi connectivity index (χ1v) is 4.77. The highest BCUT2D eigenvalue weighted by Gasteiger charge is 2.38. The van der Waals surface area contributed by atoms with Crippen LogP contribution in [0, 0.1) is 0 Å². The molecule has 0 aromatic rings. The molecular formula is C9H15NO2. The van der Waals surface area contributed by atoms with Crippen LogP contribution in [0.2, 0.25) is 0 Å². The van der Waals surface area contributed by atoms with Gasteiger partial charge in [-0.15, -0.1) is 0 Å². The third-order valence-electron chi connectivity index (χ3n) is 2.85. The SMILES string of the molecule is O=C(O)C1CCCCN1C1CC1. The molecule has 0 bridgehead atoms. The number of piperidine rings is 1. The fraction of sp³-hybridized carbons (Fsp3) is 0.889. The van der Waals surface area contributed by atoms with Crippen LogP contribution in [0.3, 0.4) is 0 Å². The molecule has 1 N–H and O–H groups in total. The van der Waals surface area contributed by atoms with Gasteiger partial charge in [0.05, 0.1) is 0 Å². The van der Waals surface area contributed by atoms with E-state index >= 15 is 0 Å². The first-order chi connectivity index (χ1) is 5.79. The van der Waals surface area contributed by atoms with Gasteiger partial charge in [-0.2, -0.15) is 0 Å². The van der Waals surface area contributed by atoms with Crippen molar-refractivity contribution in [1.82, 2.24) is 4.90 Å². The Hall–Kier alpha value is -0.570. The molecule has 1 saturated heterocycles. The number of carboxylic acids is 1. The molecule has 0 aromatic carbocycles. The molecule has 1 atom stereocenters. The fourth-order valence-corrected chi connectivity index (χ4v) is 2.06. The standard InChI is InChI=1S/C9H15NO2/c11-9(12)8-3-1-2-6-10(8)7-4-5-7/h7-8H,1-6H2,(H,11,12). The molecule has 12 heavy (non-hydrogen) atoms. The second-order valence-corrected chi connectivity index (χ2v) is 3.82. The highest BCUT2D eigenvalue weighted by molar-refractivity contribution is 5.73. The largest absolute Gasteiger partial charge is 0.480 e. The summed E-state index contributed by atoms with van der Waals surface area (Å²) in [5.74, 6) is -0.624. The van der Waals surface area contributed by atoms with E-state index in [0.717, 1.165) is 19.4 Å². The first-order valence-electron chi connectivity index (χ1n) is 4.77. The zero-order chi connectivity index (χ0) is 8.55. The van der Waals surface area contributed by atoms with Gasteiger partial charge in [0, 0.05) is 6.04 Å². The predicted molar refractivity (Wildman–Crippen MR) is 45.0 cm³/mol. The quantitative estimate of drug-likeness (QED) is 0.672. The van der Waals surface area contributed by atoms with Gasteiger partial charge in [-0.1, -0.05) is 6.42 Å². The maximum Gasteiger partial charge on any atom is 0.320 e. The lowest BCUT2D eigenvalue weighted by Crippen LogP contribution is -2.45. The Labute approximate surface area is 72.4 Å². The Bertz CT molecular complexity index is 189. The molecule has 3 heteroatoms. The van der Waals surface area contributed by atoms with Crippen molar-refractivity contribution in [3.05, 3.63) is 0 Å². The van der Waals surface area contributed by atoms with Gasteiger partial charge in [-0.3, -0.25) is 9.69 Å². The second kappa shape index (κ2) is 3.05. The lowest BCUT2D eigenvalue weighted by Gasteiger charge is -2.32. The second-order valence-electron chi connectivity index (χ2n) is 3.82. The molecule has 3 nitrogen and oxygen atoms in total. The molecule has 1 saturated carbocycles. The van der Waals surface area contributed by atoms with Crippen molar-refractivity contribution in [3.63, 3.8) is 0 Å². The molecule has 0 amide bonds. The summed E-state index contributed by atoms with van der Waals surface area (Å²) in [6, 6.07) is 0.428. The molecule has 68 valence electrons. The highest BCUT2D eigenvalue weighted by atomic mass is 16.4. The van der Waals surface area contributed by atoms with Crippen LogP contribution in [-0.4, -0.2) is 34.6 Å². The number of nitrogens with zero attached hydrogens (tertiary/aromatic N) is 1. The van der Waals surface area contributed by atoms with Gasteiger partial charge in [0.1, 0.15) is 6.04 Å². The number of carbonyl (C=O) groups is 1. The molecule has 1 aliphatic heterocycles. The van der Waals surface area contributed by atoms with Gasteiger partial charge >= 0.3 is 5.97 Å². The Morgan fingerprint density at radius 3 is 2.58 bits per heavy atom. The number of hydrogen-bond acceptors (Lipinski definition) is 2. The molecular weight excluding hydrogens is 154 g/mol. The van der Waals surface area contributed by atoms with Crippen molar-refractivity contribution >= 4 is 5.97 Å². The predicted octanol–water partition coefficient (Wildman–Crippen LogP) is 1.09. The van der Waals surface area contributed by atoms with Gasteiger partial charge in [-0.05, 0) is 32.2 Å². The lowest BCUT2D eigenvalue weighted by atomic mass is 10.0. The zero-order valence-electron chi connectivity index (χ0n) is 7.20. The smallest absolute Gasteiger partial charge is 0.320 e. The van der Waals surface area contributed by atoms with Gasteiger partial charge in [0.25, 0.3) is 0 Å². The van der Waals surface area contributed by atoms with Crippen LogP contribution in [0.25, 0.3) is 0 Å². The van der Waals surface area contributed by atoms with E-state index in [1.165, 1.54) is 19.3 Å². The summed E-state index contributed by atoms with van der Waals surface area (Å²) in [7, 11) is 0. The normalized spacial score (nSPS) is 31.8. The van der Waals surface area contributed by atoms with Crippen LogP contribution < -0.4 is 0 Å². The Morgan fingerprint density at radius 1 is 1.25 bits per heavy atom. The van der Waals surface area contributed by atoms with Crippen molar-refractivity contribution in [2.24, 2.45) is 0 Å². The molecule has 0 spiro atoms. The van der Waals surface area contributed by atoms with E-state index in [0.29, 0.717) is 6.04 Å². The number of rotatable bonds is 2. The number of aliphatic carboxylic acids is 1. The van der Waals surface area contributed by atoms with Crippen LogP contribution in [0.15, 0.2) is 0 Å². The van der Waals surface area contributed by atoms with Crippen LogP contribution >= 0.6 is 0 Å². The number of likely N-dealkylation sites (tertiary alicyclic amines) is 1. The number of hydrogen-bond donors (Lipinski definition) is 1. The maximum absolute atomic E-state index is 10.9. The van der Waals surface area contributed by atoms with Crippen LogP contribution in [-0.2, 0) is 4.79 Å². The minimum atomic E-state index is -0.624. The molecule has 2 fully saturated rings. The highest BCUT2D eigenvalue weighted by Crippen LogP contribution is 2.32. The van der Waals surface area contributed by atoms with Gasteiger partial charge < -0.3 is 5.11 Å². The van der Waals surface area contributed by atoms with Crippen molar-refractivity contribution < 1.29 is 9.90 Å². The summed E-state index contributed by atoms with van der Waals surface area (Å²) in [6.45, 7) is 1.00. The van der Waals surface area contributed by atoms with E-state index in [2.05, 4.69) is 4.90 Å². The molecule has 2 rings (SSSR count). The van der Waals surface area contributed by atoms with Gasteiger partial charge in [0.2, 0.25) is 0 Å². The topological polar surface area (TPSA) is 40.5 Å². The number of carboxylic acid groups (broad SMARTS) is 1. The van der Waals surface area contributed by atoms with Crippen LogP contribution in [0.1, 0.15) is 32.1 Å². The van der Waals surface area contributed by atoms with E-state index in [9.17, 15) is 4.79 Å². The Balaban J connectivity index is 2.00. The summed E-state index contributed by atoms with van der Waals surface area (Å²) < 4.78 is 0. The Kier molecular flexibility index (Phi) is 2.05. The molecule has 0 radical (unpaired) electrons. The molecule has 1 heterocycles. The summed E-state index contributed by atoms with van der Waals surface area (Å²) in [5, 5.41) is 8.94. The lowest BCUT2D eigenvalue weighted by molar-refractivity contribution is -0.144. The average Bonchev–Trinajstić information content (AvgIpc) is 2.87. The average molecular weight is 169 g/mol. The zero-order valence-corrected chi connectivity index (χ0v) is 7.20. The summed E-state index contributed by atoms with van der Waals surface area (Å²) in [5.41, 5.74) is 0. The van der Waals surface area contributed by atoms with E-state index in [-0.39, 0.29) is 6.04 Å². The maximum atomic E-state index is 10.9. The fourth-order valence-electron chi connectivity index (χ4n) is 2.06. The monoisotopic (exact) mass is 169 g/mol. The summed E-state index contributed by atoms with van der Waals surface area (Å²) >= 11 is 0. The first kappa shape index (κ1) is 8.05. The van der Waals surface area contributed by atoms with Crippen molar-refractivity contribution in [1.29, 1.82) is 0 Å². The minimum Gasteiger partial charge on any atom is -0.480 e. The van der Waals surface area contributed by atoms with Crippen LogP contribution in [0.5, 0.6) is 0 Å². The van der Waals surface area contributed by atoms with Gasteiger partial charge in [0.15, 0.2) is 0 Å². The summed E-state index contributed by atoms with van der Waals surface area (Å²) in [4.78, 5) is 13.0. The van der Waals surface area contributed by atoms with Crippen molar-refractivity contribution in [2.75, 3.05) is 6.54 Å². The van der Waals surface area contributed by atoms with E-state index in [4.69, 9.17) is 5.11 Å². The van der Waals surface area contributed by atoms with Crippen molar-refractivity contribution in [3.8, 4) is 0 Å². The molecule has 0 aromatic heterocycles. The van der Waals surface area contributed by atoms with E-state index < -0.39 is 5.97 Å². The van der Waals surface area contributed by atoms with Gasteiger partial charge in [-0.25, -0.2) is 0 Å². The van der Waals surface area contributed by atoms with Crippen molar-refractivity contribution in [2.45, 2.75) is 44.2 Å². The molecule has 1 unspecified atom stereocenters. The third kappa shape index (κ3) is 1.46. The Morgan fingerprint density at radius 2 is 2.00 bits per heavy atom. The third-order valence-corrected chi connectivity index (χ3v) is 2.85. The molecule has 2 aliphatic rings. The minimum absolute atomic E-state index is 0.175. The summed E-state index contributed by atoms with van der Waals surface area (Å²) in [6.07, 6.45) is 5.54. The van der Waals surface area contributed by atoms with Crippen LogP contribution in [0.4, 0.5) is 0 Å². The van der Waals surface area contributed by atoms with E-state index in [1.54, 1.807) is 0 Å².